The standard InChI is InChI=1S/C7H7I.HI/c1-6-2-4-7(8)5-3-6;/h2-5H,1H3;1H. The van der Waals surface area contributed by atoms with E-state index in [9.17, 15) is 0 Å². The molecule has 1 aromatic rings. The largest absolute Gasteiger partial charge is 0.107 e. The van der Waals surface area contributed by atoms with Crippen LogP contribution in [0.4, 0.5) is 0 Å². The molecule has 2 heteroatoms. The molecule has 0 unspecified atom stereocenters. The van der Waals surface area contributed by atoms with Gasteiger partial charge < -0.3 is 0 Å². The molecule has 9 heavy (non-hydrogen) atoms. The van der Waals surface area contributed by atoms with Crippen molar-refractivity contribution in [2.75, 3.05) is 0 Å². The zero-order valence-electron chi connectivity index (χ0n) is 5.10. The monoisotopic (exact) mass is 346 g/mol. The van der Waals surface area contributed by atoms with Gasteiger partial charge in [-0.1, -0.05) is 17.7 Å². The van der Waals surface area contributed by atoms with Crippen LogP contribution in [0.1, 0.15) is 5.56 Å². The smallest absolute Gasteiger partial charge is 0.0130 e. The molecule has 0 atom stereocenters. The van der Waals surface area contributed by atoms with Crippen molar-refractivity contribution in [3.8, 4) is 0 Å². The van der Waals surface area contributed by atoms with Crippen LogP contribution in [0.3, 0.4) is 0 Å². The Morgan fingerprint density at radius 3 is 1.89 bits per heavy atom. The maximum absolute atomic E-state index is 2.30. The fourth-order valence-electron chi connectivity index (χ4n) is 0.533. The Labute approximate surface area is 86.2 Å². The Bertz CT molecular complexity index is 146. The first-order valence-corrected chi connectivity index (χ1v) is 3.59. The van der Waals surface area contributed by atoms with E-state index in [1.54, 1.807) is 0 Å². The van der Waals surface area contributed by atoms with Crippen molar-refractivity contribution in [1.29, 1.82) is 0 Å². The predicted molar refractivity (Wildman–Crippen MR) is 59.3 cm³/mol. The van der Waals surface area contributed by atoms with Crippen molar-refractivity contribution in [1.82, 2.24) is 0 Å². The highest BCUT2D eigenvalue weighted by Crippen LogP contribution is 2.04. The zero-order valence-corrected chi connectivity index (χ0v) is 9.58. The zero-order chi connectivity index (χ0) is 5.98. The van der Waals surface area contributed by atoms with Gasteiger partial charge in [-0.15, -0.1) is 24.0 Å². The van der Waals surface area contributed by atoms with Crippen molar-refractivity contribution in [3.05, 3.63) is 33.4 Å². The third kappa shape index (κ3) is 3.40. The van der Waals surface area contributed by atoms with Crippen LogP contribution in [0.25, 0.3) is 0 Å². The molecule has 0 N–H and O–H groups in total. The summed E-state index contributed by atoms with van der Waals surface area (Å²) in [6, 6.07) is 8.44. The summed E-state index contributed by atoms with van der Waals surface area (Å²) in [5.74, 6) is 0. The van der Waals surface area contributed by atoms with E-state index in [4.69, 9.17) is 0 Å². The lowest BCUT2D eigenvalue weighted by Gasteiger charge is -1.88. The summed E-state index contributed by atoms with van der Waals surface area (Å²) in [5.41, 5.74) is 1.32. The summed E-state index contributed by atoms with van der Waals surface area (Å²) in [6.45, 7) is 2.09. The van der Waals surface area contributed by atoms with Crippen LogP contribution >= 0.6 is 46.6 Å². The number of hydrogen-bond donors (Lipinski definition) is 0. The third-order valence-electron chi connectivity index (χ3n) is 1.01. The number of benzene rings is 1. The Kier molecular flexibility index (Phi) is 4.83. The van der Waals surface area contributed by atoms with E-state index >= 15 is 0 Å². The molecule has 1 aromatic carbocycles. The van der Waals surface area contributed by atoms with Gasteiger partial charge in [-0.25, -0.2) is 0 Å². The van der Waals surface area contributed by atoms with Gasteiger partial charge in [0.1, 0.15) is 0 Å². The van der Waals surface area contributed by atoms with Crippen molar-refractivity contribution in [3.63, 3.8) is 0 Å². The van der Waals surface area contributed by atoms with E-state index in [0.717, 1.165) is 0 Å². The second-order valence-corrected chi connectivity index (χ2v) is 3.04. The average Bonchev–Trinajstić information content (AvgIpc) is 1.77. The molecule has 0 radical (unpaired) electrons. The van der Waals surface area contributed by atoms with Crippen molar-refractivity contribution in [2.24, 2.45) is 0 Å². The quantitative estimate of drug-likeness (QED) is 0.633. The third-order valence-corrected chi connectivity index (χ3v) is 1.73. The van der Waals surface area contributed by atoms with Crippen LogP contribution in [-0.4, -0.2) is 0 Å². The maximum atomic E-state index is 2.30. The molecular weight excluding hydrogens is 338 g/mol. The molecule has 0 nitrogen and oxygen atoms in total. The van der Waals surface area contributed by atoms with Gasteiger partial charge in [0, 0.05) is 3.57 Å². The summed E-state index contributed by atoms with van der Waals surface area (Å²) in [5, 5.41) is 0. The van der Waals surface area contributed by atoms with Crippen LogP contribution in [0.5, 0.6) is 0 Å². The lowest BCUT2D eigenvalue weighted by Crippen LogP contribution is -1.69. The molecule has 1 rings (SSSR count). The highest BCUT2D eigenvalue weighted by atomic mass is 127. The summed E-state index contributed by atoms with van der Waals surface area (Å²) in [7, 11) is 0. The minimum atomic E-state index is 0. The second-order valence-electron chi connectivity index (χ2n) is 1.80. The van der Waals surface area contributed by atoms with Gasteiger partial charge in [-0.3, -0.25) is 0 Å². The summed E-state index contributed by atoms with van der Waals surface area (Å²) < 4.78 is 1.30. The molecule has 0 aliphatic carbocycles. The molecule has 0 heterocycles. The molecule has 0 bridgehead atoms. The van der Waals surface area contributed by atoms with Gasteiger partial charge in [0.05, 0.1) is 0 Å². The Morgan fingerprint density at radius 2 is 1.56 bits per heavy atom. The van der Waals surface area contributed by atoms with Gasteiger partial charge in [0.25, 0.3) is 0 Å². The average molecular weight is 346 g/mol. The lowest BCUT2D eigenvalue weighted by molar-refractivity contribution is 1.46. The Hall–Kier alpha value is 0.680. The van der Waals surface area contributed by atoms with Gasteiger partial charge in [0.15, 0.2) is 0 Å². The Balaban J connectivity index is 0.000000640. The summed E-state index contributed by atoms with van der Waals surface area (Å²) in [6.07, 6.45) is 0. The highest BCUT2D eigenvalue weighted by molar-refractivity contribution is 14.1. The van der Waals surface area contributed by atoms with Gasteiger partial charge >= 0.3 is 0 Å². The molecule has 0 aliphatic rings. The number of halogens is 2. The van der Waals surface area contributed by atoms with E-state index in [0.29, 0.717) is 0 Å². The van der Waals surface area contributed by atoms with Crippen LogP contribution in [0.2, 0.25) is 0 Å². The molecular formula is C7H8I2. The van der Waals surface area contributed by atoms with Crippen molar-refractivity contribution >= 4 is 46.6 Å². The molecule has 0 aromatic heterocycles. The number of rotatable bonds is 0. The summed E-state index contributed by atoms with van der Waals surface area (Å²) >= 11 is 2.30. The van der Waals surface area contributed by atoms with Crippen molar-refractivity contribution < 1.29 is 0 Å². The van der Waals surface area contributed by atoms with Gasteiger partial charge in [-0.2, -0.15) is 0 Å². The van der Waals surface area contributed by atoms with Crippen LogP contribution < -0.4 is 0 Å². The van der Waals surface area contributed by atoms with E-state index in [-0.39, 0.29) is 24.0 Å². The fraction of sp³-hybridized carbons (Fsp3) is 0.143. The van der Waals surface area contributed by atoms with E-state index in [2.05, 4.69) is 53.8 Å². The topological polar surface area (TPSA) is 0 Å². The predicted octanol–water partition coefficient (Wildman–Crippen LogP) is 3.22. The molecule has 0 aliphatic heterocycles. The minimum Gasteiger partial charge on any atom is -0.107 e. The fourth-order valence-corrected chi connectivity index (χ4v) is 0.893. The van der Waals surface area contributed by atoms with E-state index < -0.39 is 0 Å². The van der Waals surface area contributed by atoms with Crippen LogP contribution in [-0.2, 0) is 0 Å². The minimum absolute atomic E-state index is 0. The maximum Gasteiger partial charge on any atom is 0.0130 e. The number of aryl methyl sites for hydroxylation is 1. The summed E-state index contributed by atoms with van der Waals surface area (Å²) in [4.78, 5) is 0. The SMILES string of the molecule is Cc1ccc(I)cc1.I. The molecule has 0 saturated carbocycles. The normalized spacial score (nSPS) is 8.22. The molecule has 0 amide bonds. The second kappa shape index (κ2) is 4.49. The highest BCUT2D eigenvalue weighted by Gasteiger charge is 1.81. The Morgan fingerprint density at radius 1 is 1.11 bits per heavy atom. The number of hydrogen-bond acceptors (Lipinski definition) is 0. The first-order chi connectivity index (χ1) is 3.79. The van der Waals surface area contributed by atoms with Crippen LogP contribution in [0, 0.1) is 10.5 Å². The van der Waals surface area contributed by atoms with Gasteiger partial charge in [-0.05, 0) is 41.6 Å². The first-order valence-electron chi connectivity index (χ1n) is 2.51. The molecule has 0 spiro atoms. The van der Waals surface area contributed by atoms with E-state index in [1.165, 1.54) is 9.13 Å². The van der Waals surface area contributed by atoms with E-state index in [1.807, 2.05) is 0 Å². The molecule has 0 saturated heterocycles. The first kappa shape index (κ1) is 9.68. The van der Waals surface area contributed by atoms with Gasteiger partial charge in [0.2, 0.25) is 0 Å². The van der Waals surface area contributed by atoms with Crippen LogP contribution in [0.15, 0.2) is 24.3 Å². The van der Waals surface area contributed by atoms with Crippen molar-refractivity contribution in [2.45, 2.75) is 6.92 Å². The molecule has 50 valence electrons. The lowest BCUT2D eigenvalue weighted by atomic mass is 10.2. The molecule has 0 fully saturated rings.